The first kappa shape index (κ1) is 35.3. The molecule has 0 aromatic heterocycles. The predicted octanol–water partition coefficient (Wildman–Crippen LogP) is 5.97. The highest BCUT2D eigenvalue weighted by Gasteiger charge is 2.24. The van der Waals surface area contributed by atoms with Gasteiger partial charge in [0.1, 0.15) is 5.37 Å². The van der Waals surface area contributed by atoms with Crippen molar-refractivity contribution in [1.29, 1.82) is 0 Å². The van der Waals surface area contributed by atoms with Gasteiger partial charge in [0, 0.05) is 43.7 Å². The van der Waals surface area contributed by atoms with Crippen LogP contribution in [-0.4, -0.2) is 67.7 Å². The van der Waals surface area contributed by atoms with E-state index in [2.05, 4.69) is 42.2 Å². The fourth-order valence-electron chi connectivity index (χ4n) is 5.52. The Kier molecular flexibility index (Phi) is 17.6. The summed E-state index contributed by atoms with van der Waals surface area (Å²) in [6, 6.07) is 0. The van der Waals surface area contributed by atoms with Gasteiger partial charge in [-0.1, -0.05) is 36.8 Å². The number of thioether (sulfide) groups is 1. The number of rotatable bonds is 16. The third kappa shape index (κ3) is 15.4. The third-order valence-corrected chi connectivity index (χ3v) is 9.28. The Morgan fingerprint density at radius 2 is 1.12 bits per heavy atom. The molecule has 8 heteroatoms. The normalized spacial score (nSPS) is 26.7. The number of nitrogens with one attached hydrogen (secondary N) is 1. The van der Waals surface area contributed by atoms with Crippen LogP contribution in [0.2, 0.25) is 0 Å². The van der Waals surface area contributed by atoms with Crippen LogP contribution in [0.4, 0.5) is 0 Å². The number of carbonyl (C=O) groups excluding carboxylic acids is 2. The molecule has 1 saturated heterocycles. The van der Waals surface area contributed by atoms with Crippen LogP contribution in [0.25, 0.3) is 0 Å². The first-order valence-corrected chi connectivity index (χ1v) is 17.2. The molecule has 1 aliphatic heterocycles. The molecular formula is C35H51NO6S. The van der Waals surface area contributed by atoms with Gasteiger partial charge in [-0.05, 0) is 89.9 Å². The Morgan fingerprint density at radius 3 is 1.60 bits per heavy atom. The molecule has 0 amide bonds. The van der Waals surface area contributed by atoms with E-state index in [4.69, 9.17) is 18.9 Å². The second kappa shape index (κ2) is 21.5. The number of esters is 2. The van der Waals surface area contributed by atoms with Gasteiger partial charge in [-0.2, -0.15) is 0 Å². The van der Waals surface area contributed by atoms with Gasteiger partial charge in [-0.15, -0.1) is 11.8 Å². The van der Waals surface area contributed by atoms with Gasteiger partial charge < -0.3 is 18.9 Å². The molecule has 2 saturated carbocycles. The van der Waals surface area contributed by atoms with E-state index in [-0.39, 0.29) is 17.3 Å². The van der Waals surface area contributed by atoms with Gasteiger partial charge in [0.25, 0.3) is 0 Å². The summed E-state index contributed by atoms with van der Waals surface area (Å²) in [6.07, 6.45) is 17.6. The molecule has 3 rings (SSSR count). The first-order valence-electron chi connectivity index (χ1n) is 16.3. The summed E-state index contributed by atoms with van der Waals surface area (Å²) >= 11 is 1.86. The number of hydrogen-bond acceptors (Lipinski definition) is 8. The Morgan fingerprint density at radius 1 is 0.651 bits per heavy atom. The van der Waals surface area contributed by atoms with Crippen LogP contribution < -0.4 is 5.32 Å². The van der Waals surface area contributed by atoms with E-state index in [0.29, 0.717) is 42.5 Å². The van der Waals surface area contributed by atoms with E-state index in [1.807, 2.05) is 11.8 Å². The lowest BCUT2D eigenvalue weighted by Gasteiger charge is -2.26. The van der Waals surface area contributed by atoms with Crippen molar-refractivity contribution in [1.82, 2.24) is 5.32 Å². The number of ether oxygens (including phenoxy) is 4. The van der Waals surface area contributed by atoms with E-state index in [1.165, 1.54) is 12.2 Å². The summed E-state index contributed by atoms with van der Waals surface area (Å²) in [5.74, 6) is 14.3. The highest BCUT2D eigenvalue weighted by molar-refractivity contribution is 8.01. The molecule has 2 atom stereocenters. The fraction of sp³-hybridized carbons (Fsp3) is 0.714. The van der Waals surface area contributed by atoms with Crippen LogP contribution in [0.1, 0.15) is 89.9 Å². The van der Waals surface area contributed by atoms with Gasteiger partial charge in [-0.25, -0.2) is 9.59 Å². The smallest absolute Gasteiger partial charge is 0.330 e. The molecule has 238 valence electrons. The topological polar surface area (TPSA) is 83.1 Å². The minimum absolute atomic E-state index is 0.178. The van der Waals surface area contributed by atoms with Crippen molar-refractivity contribution in [3.8, 4) is 23.7 Å². The van der Waals surface area contributed by atoms with Gasteiger partial charge in [0.2, 0.25) is 0 Å². The quantitative estimate of drug-likeness (QED) is 0.0987. The van der Waals surface area contributed by atoms with Crippen molar-refractivity contribution in [3.05, 3.63) is 25.3 Å². The molecule has 0 aromatic carbocycles. The van der Waals surface area contributed by atoms with Crippen LogP contribution in [0.15, 0.2) is 25.3 Å². The molecule has 0 bridgehead atoms. The van der Waals surface area contributed by atoms with E-state index < -0.39 is 0 Å². The molecule has 2 unspecified atom stereocenters. The van der Waals surface area contributed by atoms with Crippen LogP contribution in [0.3, 0.4) is 0 Å². The number of unbranched alkanes of at least 4 members (excludes halogenated alkanes) is 4. The third-order valence-electron chi connectivity index (χ3n) is 8.11. The summed E-state index contributed by atoms with van der Waals surface area (Å²) in [5.41, 5.74) is 0. The molecule has 1 N–H and O–H groups in total. The molecule has 0 radical (unpaired) electrons. The number of carbonyl (C=O) groups is 2. The van der Waals surface area contributed by atoms with Crippen molar-refractivity contribution in [2.75, 3.05) is 33.0 Å². The first-order chi connectivity index (χ1) is 21.1. The fourth-order valence-corrected chi connectivity index (χ4v) is 6.51. The Hall–Kier alpha value is -2.23. The molecule has 7 nitrogen and oxygen atoms in total. The second-order valence-corrected chi connectivity index (χ2v) is 12.9. The largest absolute Gasteiger partial charge is 0.463 e. The zero-order valence-electron chi connectivity index (χ0n) is 25.8. The maximum atomic E-state index is 11.0. The highest BCUT2D eigenvalue weighted by atomic mass is 32.2. The lowest BCUT2D eigenvalue weighted by atomic mass is 9.88. The molecule has 1 heterocycles. The predicted molar refractivity (Wildman–Crippen MR) is 172 cm³/mol. The minimum Gasteiger partial charge on any atom is -0.463 e. The summed E-state index contributed by atoms with van der Waals surface area (Å²) in [4.78, 5) is 22.0. The van der Waals surface area contributed by atoms with Crippen molar-refractivity contribution in [2.45, 2.75) is 113 Å². The molecule has 2 aliphatic carbocycles. The van der Waals surface area contributed by atoms with Crippen molar-refractivity contribution in [3.63, 3.8) is 0 Å². The summed E-state index contributed by atoms with van der Waals surface area (Å²) in [7, 11) is 0. The van der Waals surface area contributed by atoms with Gasteiger partial charge >= 0.3 is 11.9 Å². The van der Waals surface area contributed by atoms with Gasteiger partial charge in [0.15, 0.2) is 0 Å². The summed E-state index contributed by atoms with van der Waals surface area (Å²) in [6.45, 7) is 10.2. The highest BCUT2D eigenvalue weighted by Crippen LogP contribution is 2.28. The molecule has 3 fully saturated rings. The zero-order valence-corrected chi connectivity index (χ0v) is 26.6. The van der Waals surface area contributed by atoms with Crippen LogP contribution >= 0.6 is 11.8 Å². The van der Waals surface area contributed by atoms with Crippen molar-refractivity contribution in [2.24, 2.45) is 11.8 Å². The Bertz CT molecular complexity index is 900. The molecule has 0 spiro atoms. The van der Waals surface area contributed by atoms with Crippen LogP contribution in [-0.2, 0) is 28.5 Å². The second-order valence-electron chi connectivity index (χ2n) is 11.5. The average Bonchev–Trinajstić information content (AvgIpc) is 3.50. The molecule has 3 aliphatic rings. The number of hydrogen-bond donors (Lipinski definition) is 1. The van der Waals surface area contributed by atoms with E-state index >= 15 is 0 Å². The van der Waals surface area contributed by atoms with E-state index in [9.17, 15) is 9.59 Å². The summed E-state index contributed by atoms with van der Waals surface area (Å²) in [5, 5.41) is 4.03. The van der Waals surface area contributed by atoms with Crippen LogP contribution in [0.5, 0.6) is 0 Å². The lowest BCUT2D eigenvalue weighted by molar-refractivity contribution is -0.138. The van der Waals surface area contributed by atoms with Crippen molar-refractivity contribution < 1.29 is 28.5 Å². The standard InChI is InChI=1S/C35H51NO6S/c1-3-34(37)41-25-9-5-7-23-39-30-17-11-28(12-18-30)15-21-32-27-36-33(43-32)22-16-29-13-19-31(20-14-29)40-24-8-6-10-26-42-35(38)4-2/h3-4,28-33,36H,1-2,5-14,17-20,23-27H2. The van der Waals surface area contributed by atoms with Gasteiger partial charge in [0.05, 0.1) is 30.7 Å². The Labute approximate surface area is 263 Å². The van der Waals surface area contributed by atoms with E-state index in [1.54, 1.807) is 0 Å². The SMILES string of the molecule is C=CC(=O)OCCCCCOC1CCC(C#CC2CNC(C#CC3CCC(OCCCCCOC(=O)C=C)CC3)S2)CC1. The van der Waals surface area contributed by atoms with Gasteiger partial charge in [-0.3, -0.25) is 5.32 Å². The van der Waals surface area contributed by atoms with Crippen molar-refractivity contribution >= 4 is 23.7 Å². The summed E-state index contributed by atoms with van der Waals surface area (Å²) < 4.78 is 22.1. The zero-order chi connectivity index (χ0) is 30.5. The Balaban J connectivity index is 1.19. The molecule has 43 heavy (non-hydrogen) atoms. The van der Waals surface area contributed by atoms with E-state index in [0.717, 1.165) is 110 Å². The molecule has 0 aromatic rings. The average molecular weight is 614 g/mol. The monoisotopic (exact) mass is 613 g/mol. The lowest BCUT2D eigenvalue weighted by Crippen LogP contribution is -2.22. The maximum absolute atomic E-state index is 11.0. The molecular weight excluding hydrogens is 562 g/mol. The minimum atomic E-state index is -0.352. The maximum Gasteiger partial charge on any atom is 0.330 e. The van der Waals surface area contributed by atoms with Crippen LogP contribution in [0, 0.1) is 35.5 Å².